The highest BCUT2D eigenvalue weighted by atomic mass is 35.5. The van der Waals surface area contributed by atoms with E-state index in [2.05, 4.69) is 24.4 Å². The fourth-order valence-corrected chi connectivity index (χ4v) is 2.21. The highest BCUT2D eigenvalue weighted by Crippen LogP contribution is 2.27. The zero-order chi connectivity index (χ0) is 10.8. The Morgan fingerprint density at radius 1 is 1.44 bits per heavy atom. The van der Waals surface area contributed by atoms with Crippen LogP contribution in [0.25, 0.3) is 0 Å². The first-order valence-electron chi connectivity index (χ1n) is 5.20. The lowest BCUT2D eigenvalue weighted by atomic mass is 9.93. The highest BCUT2D eigenvalue weighted by molar-refractivity contribution is 5.85. The third-order valence-electron chi connectivity index (χ3n) is 3.06. The molecule has 0 spiro atoms. The number of rotatable bonds is 2. The third kappa shape index (κ3) is 2.54. The van der Waals surface area contributed by atoms with Crippen LogP contribution < -0.4 is 5.32 Å². The number of hydrogen-bond acceptors (Lipinski definition) is 2. The van der Waals surface area contributed by atoms with E-state index < -0.39 is 5.97 Å². The van der Waals surface area contributed by atoms with Gasteiger partial charge in [0.1, 0.15) is 6.04 Å². The van der Waals surface area contributed by atoms with Gasteiger partial charge in [-0.25, -0.2) is 0 Å². The molecule has 2 atom stereocenters. The molecular formula is C12H16ClNO2. The van der Waals surface area contributed by atoms with Gasteiger partial charge in [0.05, 0.1) is 0 Å². The summed E-state index contributed by atoms with van der Waals surface area (Å²) in [5.74, 6) is -0.404. The lowest BCUT2D eigenvalue weighted by Gasteiger charge is -2.11. The van der Waals surface area contributed by atoms with E-state index in [1.165, 1.54) is 11.1 Å². The molecule has 1 aromatic rings. The van der Waals surface area contributed by atoms with Crippen molar-refractivity contribution in [2.24, 2.45) is 0 Å². The molecule has 0 radical (unpaired) electrons. The predicted octanol–water partition coefficient (Wildman–Crippen LogP) is 1.95. The molecule has 0 aliphatic carbocycles. The minimum atomic E-state index is -0.744. The van der Waals surface area contributed by atoms with Gasteiger partial charge in [0.15, 0.2) is 0 Å². The van der Waals surface area contributed by atoms with Crippen LogP contribution in [0.4, 0.5) is 0 Å². The quantitative estimate of drug-likeness (QED) is 0.832. The van der Waals surface area contributed by atoms with Crippen molar-refractivity contribution in [1.29, 1.82) is 0 Å². The van der Waals surface area contributed by atoms with Crippen molar-refractivity contribution in [3.63, 3.8) is 0 Å². The Labute approximate surface area is 101 Å². The van der Waals surface area contributed by atoms with E-state index in [1.807, 2.05) is 12.1 Å². The Balaban J connectivity index is 0.00000128. The van der Waals surface area contributed by atoms with E-state index in [0.29, 0.717) is 12.3 Å². The summed E-state index contributed by atoms with van der Waals surface area (Å²) in [5, 5.41) is 11.9. The zero-order valence-corrected chi connectivity index (χ0v) is 9.96. The monoisotopic (exact) mass is 241 g/mol. The zero-order valence-electron chi connectivity index (χ0n) is 9.14. The number of aliphatic carboxylic acids is 1. The first kappa shape index (κ1) is 13.0. The molecule has 1 saturated heterocycles. The standard InChI is InChI=1S/C12H15NO2.ClH/c1-8-4-2-3-5-10(8)9-6-11(12(14)15)13-7-9;/h2-5,9,11,13H,6-7H2,1H3,(H,14,15);1H/t9?,11-;/m0./s1. The number of hydrogen-bond donors (Lipinski definition) is 2. The van der Waals surface area contributed by atoms with Gasteiger partial charge in [-0.05, 0) is 30.4 Å². The molecule has 1 fully saturated rings. The molecule has 16 heavy (non-hydrogen) atoms. The maximum Gasteiger partial charge on any atom is 0.320 e. The van der Waals surface area contributed by atoms with Crippen molar-refractivity contribution in [2.45, 2.75) is 25.3 Å². The van der Waals surface area contributed by atoms with Gasteiger partial charge in [0.2, 0.25) is 0 Å². The van der Waals surface area contributed by atoms with Gasteiger partial charge in [-0.3, -0.25) is 4.79 Å². The molecule has 0 bridgehead atoms. The van der Waals surface area contributed by atoms with Crippen molar-refractivity contribution >= 4 is 18.4 Å². The van der Waals surface area contributed by atoms with E-state index in [-0.39, 0.29) is 18.4 Å². The average molecular weight is 242 g/mol. The maximum absolute atomic E-state index is 10.8. The van der Waals surface area contributed by atoms with Crippen LogP contribution in [0.3, 0.4) is 0 Å². The van der Waals surface area contributed by atoms with Crippen LogP contribution in [-0.2, 0) is 4.79 Å². The number of benzene rings is 1. The molecule has 1 heterocycles. The molecule has 0 saturated carbocycles. The minimum Gasteiger partial charge on any atom is -0.480 e. The molecule has 3 nitrogen and oxygen atoms in total. The normalized spacial score (nSPS) is 23.8. The Hall–Kier alpha value is -1.06. The molecule has 0 aromatic heterocycles. The van der Waals surface area contributed by atoms with Gasteiger partial charge in [-0.2, -0.15) is 0 Å². The number of aryl methyl sites for hydroxylation is 1. The van der Waals surface area contributed by atoms with Crippen LogP contribution in [0.2, 0.25) is 0 Å². The third-order valence-corrected chi connectivity index (χ3v) is 3.06. The Morgan fingerprint density at radius 2 is 2.12 bits per heavy atom. The average Bonchev–Trinajstić information content (AvgIpc) is 2.67. The van der Waals surface area contributed by atoms with Crippen LogP contribution in [0.15, 0.2) is 24.3 Å². The van der Waals surface area contributed by atoms with E-state index in [4.69, 9.17) is 5.11 Å². The van der Waals surface area contributed by atoms with Gasteiger partial charge >= 0.3 is 5.97 Å². The fraction of sp³-hybridized carbons (Fsp3) is 0.417. The summed E-state index contributed by atoms with van der Waals surface area (Å²) in [6, 6.07) is 7.80. The Bertz CT molecular complexity index is 381. The first-order chi connectivity index (χ1) is 7.18. The predicted molar refractivity (Wildman–Crippen MR) is 65.2 cm³/mol. The van der Waals surface area contributed by atoms with Crippen LogP contribution in [0, 0.1) is 6.92 Å². The fourth-order valence-electron chi connectivity index (χ4n) is 2.21. The van der Waals surface area contributed by atoms with Gasteiger partial charge in [0, 0.05) is 6.54 Å². The van der Waals surface area contributed by atoms with Crippen molar-refractivity contribution in [2.75, 3.05) is 6.54 Å². The molecule has 1 unspecified atom stereocenters. The number of carboxylic acids is 1. The number of halogens is 1. The first-order valence-corrected chi connectivity index (χ1v) is 5.20. The van der Waals surface area contributed by atoms with Crippen LogP contribution in [0.1, 0.15) is 23.5 Å². The minimum absolute atomic E-state index is 0. The molecule has 88 valence electrons. The molecule has 1 aliphatic heterocycles. The van der Waals surface area contributed by atoms with Crippen molar-refractivity contribution < 1.29 is 9.90 Å². The Kier molecular flexibility index (Phi) is 4.33. The van der Waals surface area contributed by atoms with Crippen LogP contribution >= 0.6 is 12.4 Å². The maximum atomic E-state index is 10.8. The summed E-state index contributed by atoms with van der Waals surface area (Å²) in [4.78, 5) is 10.8. The highest BCUT2D eigenvalue weighted by Gasteiger charge is 2.30. The summed E-state index contributed by atoms with van der Waals surface area (Å²) in [6.07, 6.45) is 0.695. The van der Waals surface area contributed by atoms with Crippen molar-refractivity contribution in [1.82, 2.24) is 5.32 Å². The summed E-state index contributed by atoms with van der Waals surface area (Å²) in [7, 11) is 0. The van der Waals surface area contributed by atoms with E-state index >= 15 is 0 Å². The Morgan fingerprint density at radius 3 is 2.69 bits per heavy atom. The summed E-state index contributed by atoms with van der Waals surface area (Å²) in [6.45, 7) is 2.84. The van der Waals surface area contributed by atoms with Gasteiger partial charge in [-0.15, -0.1) is 12.4 Å². The van der Waals surface area contributed by atoms with Crippen LogP contribution in [-0.4, -0.2) is 23.7 Å². The lowest BCUT2D eigenvalue weighted by Crippen LogP contribution is -2.29. The van der Waals surface area contributed by atoms with Gasteiger partial charge < -0.3 is 10.4 Å². The van der Waals surface area contributed by atoms with E-state index in [9.17, 15) is 4.79 Å². The molecule has 1 aliphatic rings. The molecule has 1 aromatic carbocycles. The molecule has 0 amide bonds. The number of carboxylic acid groups (broad SMARTS) is 1. The molecule has 2 N–H and O–H groups in total. The second-order valence-electron chi connectivity index (χ2n) is 4.09. The summed E-state index contributed by atoms with van der Waals surface area (Å²) >= 11 is 0. The van der Waals surface area contributed by atoms with Crippen molar-refractivity contribution in [3.8, 4) is 0 Å². The second kappa shape index (κ2) is 5.32. The largest absolute Gasteiger partial charge is 0.480 e. The van der Waals surface area contributed by atoms with Crippen molar-refractivity contribution in [3.05, 3.63) is 35.4 Å². The number of carbonyl (C=O) groups is 1. The van der Waals surface area contributed by atoms with E-state index in [0.717, 1.165) is 6.54 Å². The number of nitrogens with one attached hydrogen (secondary N) is 1. The molecule has 4 heteroatoms. The summed E-state index contributed by atoms with van der Waals surface area (Å²) in [5.41, 5.74) is 2.52. The van der Waals surface area contributed by atoms with Gasteiger partial charge in [0.25, 0.3) is 0 Å². The van der Waals surface area contributed by atoms with Crippen LogP contribution in [0.5, 0.6) is 0 Å². The van der Waals surface area contributed by atoms with E-state index in [1.54, 1.807) is 0 Å². The SMILES string of the molecule is Cc1ccccc1C1CN[C@H](C(=O)O)C1.Cl. The molecular weight excluding hydrogens is 226 g/mol. The summed E-state index contributed by atoms with van der Waals surface area (Å²) < 4.78 is 0. The second-order valence-corrected chi connectivity index (χ2v) is 4.09. The molecule has 2 rings (SSSR count). The lowest BCUT2D eigenvalue weighted by molar-refractivity contribution is -0.139. The topological polar surface area (TPSA) is 49.3 Å². The van der Waals surface area contributed by atoms with Gasteiger partial charge in [-0.1, -0.05) is 24.3 Å². The smallest absolute Gasteiger partial charge is 0.320 e.